The molecule has 0 aromatic heterocycles. The van der Waals surface area contributed by atoms with Gasteiger partial charge in [-0.15, -0.1) is 0 Å². The Labute approximate surface area is 110 Å². The molecular weight excluding hydrogens is 282 g/mol. The van der Waals surface area contributed by atoms with E-state index >= 15 is 0 Å². The van der Waals surface area contributed by atoms with Gasteiger partial charge in [0.15, 0.2) is 0 Å². The van der Waals surface area contributed by atoms with E-state index in [1.54, 1.807) is 0 Å². The lowest BCUT2D eigenvalue weighted by molar-refractivity contribution is -0.120. The van der Waals surface area contributed by atoms with Crippen LogP contribution in [0.4, 0.5) is 0 Å². The Hall–Kier alpha value is -0.580. The molecule has 0 spiro atoms. The number of halogens is 1. The Morgan fingerprint density at radius 3 is 2.76 bits per heavy atom. The first-order valence-corrected chi connectivity index (χ1v) is 6.61. The van der Waals surface area contributed by atoms with Crippen molar-refractivity contribution in [1.29, 1.82) is 0 Å². The number of ether oxygens (including phenoxy) is 2. The largest absolute Gasteiger partial charge is 0.492 e. The minimum Gasteiger partial charge on any atom is -0.492 e. The van der Waals surface area contributed by atoms with Crippen LogP contribution in [0.2, 0.25) is 0 Å². The maximum atomic E-state index is 5.82. The molecule has 1 aromatic carbocycles. The molecule has 1 fully saturated rings. The summed E-state index contributed by atoms with van der Waals surface area (Å²) in [5, 5.41) is 0. The van der Waals surface area contributed by atoms with Crippen molar-refractivity contribution in [2.24, 2.45) is 11.1 Å². The highest BCUT2D eigenvalue weighted by Crippen LogP contribution is 2.31. The number of rotatable bonds is 5. The van der Waals surface area contributed by atoms with Crippen molar-refractivity contribution in [2.75, 3.05) is 26.4 Å². The molecule has 0 aliphatic carbocycles. The highest BCUT2D eigenvalue weighted by atomic mass is 79.9. The smallest absolute Gasteiger partial charge is 0.133 e. The molecule has 1 aliphatic heterocycles. The molecule has 0 bridgehead atoms. The van der Waals surface area contributed by atoms with E-state index in [0.29, 0.717) is 13.2 Å². The van der Waals surface area contributed by atoms with Gasteiger partial charge in [0.2, 0.25) is 0 Å². The number of hydrogen-bond donors (Lipinski definition) is 1. The van der Waals surface area contributed by atoms with E-state index in [1.807, 2.05) is 6.07 Å². The van der Waals surface area contributed by atoms with Gasteiger partial charge in [-0.1, -0.05) is 13.0 Å². The summed E-state index contributed by atoms with van der Waals surface area (Å²) in [7, 11) is 0. The molecule has 1 saturated heterocycles. The maximum Gasteiger partial charge on any atom is 0.133 e. The average molecular weight is 300 g/mol. The summed E-state index contributed by atoms with van der Waals surface area (Å²) in [6.45, 7) is 5.11. The second kappa shape index (κ2) is 5.38. The van der Waals surface area contributed by atoms with Gasteiger partial charge in [0.1, 0.15) is 5.75 Å². The van der Waals surface area contributed by atoms with Crippen molar-refractivity contribution in [1.82, 2.24) is 0 Å². The lowest BCUT2D eigenvalue weighted by Gasteiger charge is -2.37. The molecule has 94 valence electrons. The summed E-state index contributed by atoms with van der Waals surface area (Å²) in [6, 6.07) is 6.13. The van der Waals surface area contributed by atoms with Crippen molar-refractivity contribution < 1.29 is 9.47 Å². The number of nitrogens with two attached hydrogens (primary N) is 1. The molecule has 3 nitrogen and oxygen atoms in total. The Bertz CT molecular complexity index is 391. The molecule has 1 aromatic rings. The summed E-state index contributed by atoms with van der Waals surface area (Å²) >= 11 is 3.53. The van der Waals surface area contributed by atoms with Crippen molar-refractivity contribution >= 4 is 15.9 Å². The molecule has 2 N–H and O–H groups in total. The normalized spacial score (nSPS) is 17.6. The lowest BCUT2D eigenvalue weighted by atomic mass is 9.90. The van der Waals surface area contributed by atoms with Gasteiger partial charge in [0.25, 0.3) is 0 Å². The molecule has 0 amide bonds. The van der Waals surface area contributed by atoms with Gasteiger partial charge in [0, 0.05) is 5.41 Å². The van der Waals surface area contributed by atoms with Crippen LogP contribution < -0.4 is 10.5 Å². The molecule has 1 aliphatic rings. The van der Waals surface area contributed by atoms with E-state index in [0.717, 1.165) is 29.9 Å². The first-order chi connectivity index (χ1) is 8.13. The Kier molecular flexibility index (Phi) is 4.07. The molecule has 0 saturated carbocycles. The van der Waals surface area contributed by atoms with Crippen LogP contribution in [0.1, 0.15) is 12.5 Å². The fourth-order valence-electron chi connectivity index (χ4n) is 1.77. The third-order valence-corrected chi connectivity index (χ3v) is 3.53. The second-order valence-corrected chi connectivity index (χ2v) is 5.75. The zero-order valence-corrected chi connectivity index (χ0v) is 11.6. The predicted molar refractivity (Wildman–Crippen MR) is 71.3 cm³/mol. The van der Waals surface area contributed by atoms with Crippen LogP contribution in [0.5, 0.6) is 5.75 Å². The predicted octanol–water partition coefficient (Wildman–Crippen LogP) is 2.37. The van der Waals surface area contributed by atoms with Gasteiger partial charge in [-0.05, 0) is 46.6 Å². The third-order valence-electron chi connectivity index (χ3n) is 2.91. The topological polar surface area (TPSA) is 44.5 Å². The van der Waals surface area contributed by atoms with Crippen LogP contribution in [0.25, 0.3) is 0 Å². The van der Waals surface area contributed by atoms with E-state index in [9.17, 15) is 0 Å². The third kappa shape index (κ3) is 3.21. The molecule has 1 heterocycles. The van der Waals surface area contributed by atoms with Crippen LogP contribution in [0, 0.1) is 5.41 Å². The number of benzene rings is 1. The van der Waals surface area contributed by atoms with E-state index in [2.05, 4.69) is 35.0 Å². The molecule has 4 heteroatoms. The summed E-state index contributed by atoms with van der Waals surface area (Å²) in [5.41, 5.74) is 6.93. The first-order valence-electron chi connectivity index (χ1n) is 5.82. The highest BCUT2D eigenvalue weighted by Gasteiger charge is 2.34. The standard InChI is InChI=1S/C13H18BrNO2/c1-13(7-16-8-13)9-17-12-3-2-10(4-5-15)6-11(12)14/h2-3,6H,4-5,7-9,15H2,1H3. The van der Waals surface area contributed by atoms with Crippen LogP contribution in [0.15, 0.2) is 22.7 Å². The van der Waals surface area contributed by atoms with Gasteiger partial charge < -0.3 is 15.2 Å². The summed E-state index contributed by atoms with van der Waals surface area (Å²) in [6.07, 6.45) is 0.893. The molecule has 17 heavy (non-hydrogen) atoms. The van der Waals surface area contributed by atoms with Crippen molar-refractivity contribution in [3.8, 4) is 5.75 Å². The summed E-state index contributed by atoms with van der Waals surface area (Å²) < 4.78 is 12.0. The second-order valence-electron chi connectivity index (χ2n) is 4.90. The van der Waals surface area contributed by atoms with Crippen LogP contribution in [-0.2, 0) is 11.2 Å². The van der Waals surface area contributed by atoms with Gasteiger partial charge in [0.05, 0.1) is 24.3 Å². The minimum atomic E-state index is 0.176. The Morgan fingerprint density at radius 2 is 2.24 bits per heavy atom. The quantitative estimate of drug-likeness (QED) is 0.908. The van der Waals surface area contributed by atoms with Crippen molar-refractivity contribution in [3.05, 3.63) is 28.2 Å². The van der Waals surface area contributed by atoms with Gasteiger partial charge in [-0.2, -0.15) is 0 Å². The van der Waals surface area contributed by atoms with Crippen LogP contribution >= 0.6 is 15.9 Å². The Balaban J connectivity index is 1.96. The fourth-order valence-corrected chi connectivity index (χ4v) is 2.31. The van der Waals surface area contributed by atoms with Gasteiger partial charge >= 0.3 is 0 Å². The Morgan fingerprint density at radius 1 is 1.47 bits per heavy atom. The lowest BCUT2D eigenvalue weighted by Crippen LogP contribution is -2.44. The minimum absolute atomic E-state index is 0.176. The zero-order valence-electron chi connectivity index (χ0n) is 10.0. The average Bonchev–Trinajstić information content (AvgIpc) is 2.26. The number of hydrogen-bond acceptors (Lipinski definition) is 3. The summed E-state index contributed by atoms with van der Waals surface area (Å²) in [5.74, 6) is 0.888. The van der Waals surface area contributed by atoms with Crippen molar-refractivity contribution in [2.45, 2.75) is 13.3 Å². The van der Waals surface area contributed by atoms with E-state index in [-0.39, 0.29) is 5.41 Å². The molecule has 0 atom stereocenters. The van der Waals surface area contributed by atoms with E-state index in [1.165, 1.54) is 5.56 Å². The van der Waals surface area contributed by atoms with Gasteiger partial charge in [-0.3, -0.25) is 0 Å². The fraction of sp³-hybridized carbons (Fsp3) is 0.538. The molecule has 0 radical (unpaired) electrons. The highest BCUT2D eigenvalue weighted by molar-refractivity contribution is 9.10. The molecule has 2 rings (SSSR count). The maximum absolute atomic E-state index is 5.82. The zero-order chi connectivity index (χ0) is 12.3. The van der Waals surface area contributed by atoms with Crippen LogP contribution in [0.3, 0.4) is 0 Å². The molecular formula is C13H18BrNO2. The molecule has 0 unspecified atom stereocenters. The van der Waals surface area contributed by atoms with E-state index < -0.39 is 0 Å². The van der Waals surface area contributed by atoms with Crippen molar-refractivity contribution in [3.63, 3.8) is 0 Å². The summed E-state index contributed by atoms with van der Waals surface area (Å²) in [4.78, 5) is 0. The first kappa shape index (κ1) is 12.9. The van der Waals surface area contributed by atoms with E-state index in [4.69, 9.17) is 15.2 Å². The SMILES string of the molecule is CC1(COc2ccc(CCN)cc2Br)COC1. The van der Waals surface area contributed by atoms with Crippen LogP contribution in [-0.4, -0.2) is 26.4 Å². The van der Waals surface area contributed by atoms with Gasteiger partial charge in [-0.25, -0.2) is 0 Å². The monoisotopic (exact) mass is 299 g/mol.